The van der Waals surface area contributed by atoms with E-state index in [9.17, 15) is 9.59 Å². The standard InChI is InChI=1S/C20H25N3O3/c1-13-8-14(2)10-17(9-13)26-15(3)20(25)21-6-7-23-12-22-18(11-19(23)24)16-4-5-16/h8-12,15-16H,4-7H2,1-3H3,(H,21,25). The molecule has 0 saturated heterocycles. The third kappa shape index (κ3) is 4.71. The van der Waals surface area contributed by atoms with Gasteiger partial charge in [-0.1, -0.05) is 6.07 Å². The average molecular weight is 355 g/mol. The zero-order chi connectivity index (χ0) is 18.7. The van der Waals surface area contributed by atoms with Crippen LogP contribution in [0.25, 0.3) is 0 Å². The maximum Gasteiger partial charge on any atom is 0.260 e. The lowest BCUT2D eigenvalue weighted by molar-refractivity contribution is -0.127. The molecule has 1 fully saturated rings. The van der Waals surface area contributed by atoms with Gasteiger partial charge in [0.2, 0.25) is 0 Å². The number of nitrogens with zero attached hydrogens (tertiary/aromatic N) is 2. The van der Waals surface area contributed by atoms with Crippen LogP contribution in [0, 0.1) is 13.8 Å². The quantitative estimate of drug-likeness (QED) is 0.827. The van der Waals surface area contributed by atoms with Crippen LogP contribution in [0.1, 0.15) is 42.5 Å². The van der Waals surface area contributed by atoms with E-state index in [2.05, 4.69) is 16.4 Å². The predicted octanol–water partition coefficient (Wildman–Crippen LogP) is 2.32. The highest BCUT2D eigenvalue weighted by Crippen LogP contribution is 2.38. The lowest BCUT2D eigenvalue weighted by atomic mass is 10.1. The van der Waals surface area contributed by atoms with Gasteiger partial charge in [-0.2, -0.15) is 0 Å². The minimum absolute atomic E-state index is 0.0734. The molecule has 6 heteroatoms. The Balaban J connectivity index is 1.49. The number of aryl methyl sites for hydroxylation is 2. The summed E-state index contributed by atoms with van der Waals surface area (Å²) in [6.45, 7) is 6.43. The molecule has 138 valence electrons. The van der Waals surface area contributed by atoms with Crippen molar-refractivity contribution in [2.45, 2.75) is 52.2 Å². The number of amides is 1. The molecular formula is C20H25N3O3. The summed E-state index contributed by atoms with van der Waals surface area (Å²) in [5.74, 6) is 0.932. The van der Waals surface area contributed by atoms with Gasteiger partial charge in [-0.25, -0.2) is 4.98 Å². The average Bonchev–Trinajstić information content (AvgIpc) is 3.40. The maximum atomic E-state index is 12.2. The van der Waals surface area contributed by atoms with Crippen LogP contribution >= 0.6 is 0 Å². The number of rotatable bonds is 7. The molecule has 1 saturated carbocycles. The van der Waals surface area contributed by atoms with E-state index in [-0.39, 0.29) is 11.5 Å². The fraction of sp³-hybridized carbons (Fsp3) is 0.450. The molecule has 0 aliphatic heterocycles. The number of hydrogen-bond donors (Lipinski definition) is 1. The first kappa shape index (κ1) is 18.2. The molecule has 26 heavy (non-hydrogen) atoms. The Labute approximate surface area is 153 Å². The summed E-state index contributed by atoms with van der Waals surface area (Å²) in [6.07, 6.45) is 3.19. The predicted molar refractivity (Wildman–Crippen MR) is 99.5 cm³/mol. The fourth-order valence-corrected chi connectivity index (χ4v) is 2.91. The molecular weight excluding hydrogens is 330 g/mol. The van der Waals surface area contributed by atoms with Gasteiger partial charge in [-0.3, -0.25) is 14.2 Å². The monoisotopic (exact) mass is 355 g/mol. The van der Waals surface area contributed by atoms with E-state index in [1.165, 1.54) is 4.57 Å². The van der Waals surface area contributed by atoms with Gasteiger partial charge in [0.15, 0.2) is 6.10 Å². The van der Waals surface area contributed by atoms with Crippen LogP contribution in [0.2, 0.25) is 0 Å². The molecule has 1 aliphatic carbocycles. The van der Waals surface area contributed by atoms with Gasteiger partial charge in [-0.15, -0.1) is 0 Å². The highest BCUT2D eigenvalue weighted by molar-refractivity contribution is 5.80. The van der Waals surface area contributed by atoms with Gasteiger partial charge in [0.05, 0.1) is 12.0 Å². The van der Waals surface area contributed by atoms with E-state index >= 15 is 0 Å². The SMILES string of the molecule is Cc1cc(C)cc(OC(C)C(=O)NCCn2cnc(C3CC3)cc2=O)c1. The van der Waals surface area contributed by atoms with E-state index in [1.54, 1.807) is 19.3 Å². The van der Waals surface area contributed by atoms with Crippen molar-refractivity contribution in [3.63, 3.8) is 0 Å². The third-order valence-electron chi connectivity index (χ3n) is 4.43. The first-order valence-electron chi connectivity index (χ1n) is 9.01. The zero-order valence-corrected chi connectivity index (χ0v) is 15.5. The fourth-order valence-electron chi connectivity index (χ4n) is 2.91. The first-order valence-corrected chi connectivity index (χ1v) is 9.01. The molecule has 1 amide bonds. The lowest BCUT2D eigenvalue weighted by Crippen LogP contribution is -2.38. The largest absolute Gasteiger partial charge is 0.481 e. The lowest BCUT2D eigenvalue weighted by Gasteiger charge is -2.16. The molecule has 1 aromatic heterocycles. The Morgan fingerprint density at radius 2 is 1.96 bits per heavy atom. The molecule has 3 rings (SSSR count). The van der Waals surface area contributed by atoms with Gasteiger partial charge in [0.1, 0.15) is 5.75 Å². The number of benzene rings is 1. The number of ether oxygens (including phenoxy) is 1. The topological polar surface area (TPSA) is 73.2 Å². The molecule has 0 bridgehead atoms. The first-order chi connectivity index (χ1) is 12.4. The van der Waals surface area contributed by atoms with Gasteiger partial charge in [-0.05, 0) is 56.9 Å². The van der Waals surface area contributed by atoms with E-state index in [0.717, 1.165) is 29.7 Å². The minimum Gasteiger partial charge on any atom is -0.481 e. The normalized spacial score (nSPS) is 14.7. The van der Waals surface area contributed by atoms with E-state index in [0.29, 0.717) is 24.8 Å². The second-order valence-electron chi connectivity index (χ2n) is 6.99. The van der Waals surface area contributed by atoms with Crippen molar-refractivity contribution in [1.82, 2.24) is 14.9 Å². The molecule has 2 aromatic rings. The molecule has 1 N–H and O–H groups in total. The number of hydrogen-bond acceptors (Lipinski definition) is 4. The van der Waals surface area contributed by atoms with E-state index in [1.807, 2.05) is 26.0 Å². The van der Waals surface area contributed by atoms with E-state index < -0.39 is 6.10 Å². The van der Waals surface area contributed by atoms with Crippen molar-refractivity contribution in [2.75, 3.05) is 6.54 Å². The Morgan fingerprint density at radius 3 is 2.58 bits per heavy atom. The Kier molecular flexibility index (Phi) is 5.40. The molecule has 0 spiro atoms. The summed E-state index contributed by atoms with van der Waals surface area (Å²) in [6, 6.07) is 7.47. The Morgan fingerprint density at radius 1 is 1.27 bits per heavy atom. The van der Waals surface area contributed by atoms with Crippen molar-refractivity contribution in [1.29, 1.82) is 0 Å². The van der Waals surface area contributed by atoms with Crippen LogP contribution in [-0.2, 0) is 11.3 Å². The molecule has 1 atom stereocenters. The van der Waals surface area contributed by atoms with Gasteiger partial charge < -0.3 is 10.1 Å². The van der Waals surface area contributed by atoms with Crippen molar-refractivity contribution in [3.8, 4) is 5.75 Å². The Bertz CT molecular complexity index is 835. The maximum absolute atomic E-state index is 12.2. The molecule has 0 radical (unpaired) electrons. The minimum atomic E-state index is -0.608. The van der Waals surface area contributed by atoms with Crippen LogP contribution in [-0.4, -0.2) is 28.1 Å². The van der Waals surface area contributed by atoms with Gasteiger partial charge in [0, 0.05) is 25.1 Å². The molecule has 1 aromatic carbocycles. The van der Waals surface area contributed by atoms with Crippen molar-refractivity contribution in [3.05, 3.63) is 57.8 Å². The molecule has 1 unspecified atom stereocenters. The summed E-state index contributed by atoms with van der Waals surface area (Å²) in [7, 11) is 0. The number of nitrogens with one attached hydrogen (secondary N) is 1. The summed E-state index contributed by atoms with van der Waals surface area (Å²) in [4.78, 5) is 28.6. The van der Waals surface area contributed by atoms with E-state index in [4.69, 9.17) is 4.74 Å². The Hall–Kier alpha value is -2.63. The second kappa shape index (κ2) is 7.72. The van der Waals surface area contributed by atoms with Crippen LogP contribution in [0.5, 0.6) is 5.75 Å². The van der Waals surface area contributed by atoms with Crippen LogP contribution < -0.4 is 15.6 Å². The second-order valence-corrected chi connectivity index (χ2v) is 6.99. The third-order valence-corrected chi connectivity index (χ3v) is 4.43. The number of carbonyl (C=O) groups is 1. The summed E-state index contributed by atoms with van der Waals surface area (Å²) >= 11 is 0. The van der Waals surface area contributed by atoms with Crippen molar-refractivity contribution < 1.29 is 9.53 Å². The van der Waals surface area contributed by atoms with Crippen LogP contribution in [0.3, 0.4) is 0 Å². The number of carbonyl (C=O) groups excluding carboxylic acids is 1. The summed E-state index contributed by atoms with van der Waals surface area (Å²) in [5, 5.41) is 2.81. The summed E-state index contributed by atoms with van der Waals surface area (Å²) in [5.41, 5.74) is 2.99. The van der Waals surface area contributed by atoms with Crippen LogP contribution in [0.4, 0.5) is 0 Å². The van der Waals surface area contributed by atoms with Gasteiger partial charge in [0.25, 0.3) is 11.5 Å². The molecule has 1 heterocycles. The van der Waals surface area contributed by atoms with Crippen molar-refractivity contribution >= 4 is 5.91 Å². The highest BCUT2D eigenvalue weighted by atomic mass is 16.5. The van der Waals surface area contributed by atoms with Crippen LogP contribution in [0.15, 0.2) is 35.4 Å². The number of aromatic nitrogens is 2. The highest BCUT2D eigenvalue weighted by Gasteiger charge is 2.25. The van der Waals surface area contributed by atoms with Crippen molar-refractivity contribution in [2.24, 2.45) is 0 Å². The molecule has 1 aliphatic rings. The smallest absolute Gasteiger partial charge is 0.260 e. The molecule has 6 nitrogen and oxygen atoms in total. The zero-order valence-electron chi connectivity index (χ0n) is 15.5. The van der Waals surface area contributed by atoms with Gasteiger partial charge >= 0.3 is 0 Å². The summed E-state index contributed by atoms with van der Waals surface area (Å²) < 4.78 is 7.24.